The number of hydrogen-bond acceptors (Lipinski definition) is 3. The van der Waals surface area contributed by atoms with E-state index >= 15 is 0 Å². The summed E-state index contributed by atoms with van der Waals surface area (Å²) in [5, 5.41) is 3.65. The lowest BCUT2D eigenvalue weighted by molar-refractivity contribution is -0.137. The average molecular weight is 353 g/mol. The van der Waals surface area contributed by atoms with Crippen molar-refractivity contribution in [3.8, 4) is 5.75 Å². The summed E-state index contributed by atoms with van der Waals surface area (Å²) in [7, 11) is 0. The highest BCUT2D eigenvalue weighted by molar-refractivity contribution is 6.30. The van der Waals surface area contributed by atoms with Gasteiger partial charge in [-0.2, -0.15) is 0 Å². The van der Waals surface area contributed by atoms with Crippen molar-refractivity contribution in [2.75, 3.05) is 19.7 Å². The maximum absolute atomic E-state index is 12.2. The summed E-state index contributed by atoms with van der Waals surface area (Å²) in [6.07, 6.45) is 2.33. The normalized spacial score (nSPS) is 16.5. The van der Waals surface area contributed by atoms with E-state index in [-0.39, 0.29) is 30.4 Å². The highest BCUT2D eigenvalue weighted by Crippen LogP contribution is 2.19. The molecule has 6 heteroatoms. The summed E-state index contributed by atoms with van der Waals surface area (Å²) >= 11 is 5.81. The minimum absolute atomic E-state index is 0.000216. The zero-order valence-corrected chi connectivity index (χ0v) is 15.0. The Labute approximate surface area is 148 Å². The van der Waals surface area contributed by atoms with Crippen LogP contribution >= 0.6 is 11.6 Å². The molecule has 2 rings (SSSR count). The van der Waals surface area contributed by atoms with Gasteiger partial charge in [0, 0.05) is 30.1 Å². The van der Waals surface area contributed by atoms with Crippen LogP contribution in [0.2, 0.25) is 5.02 Å². The fourth-order valence-corrected chi connectivity index (χ4v) is 2.75. The Bertz CT molecular complexity index is 554. The van der Waals surface area contributed by atoms with Gasteiger partial charge in [0.15, 0.2) is 6.61 Å². The standard InChI is InChI=1S/C18H25ClN2O3/c1-3-13(2)20-18(23)14-8-10-21(11-9-14)17(22)12-24-16-6-4-15(19)5-7-16/h4-7,13-14H,3,8-12H2,1-2H3,(H,20,23). The number of carbonyl (C=O) groups is 2. The molecule has 1 fully saturated rings. The van der Waals surface area contributed by atoms with Gasteiger partial charge in [0.25, 0.3) is 5.91 Å². The lowest BCUT2D eigenvalue weighted by atomic mass is 9.95. The molecular weight excluding hydrogens is 328 g/mol. The molecule has 132 valence electrons. The maximum Gasteiger partial charge on any atom is 0.260 e. The monoisotopic (exact) mass is 352 g/mol. The van der Waals surface area contributed by atoms with E-state index in [1.165, 1.54) is 0 Å². The van der Waals surface area contributed by atoms with Crippen LogP contribution in [0.3, 0.4) is 0 Å². The number of hydrogen-bond donors (Lipinski definition) is 1. The third kappa shape index (κ3) is 5.41. The highest BCUT2D eigenvalue weighted by atomic mass is 35.5. The fourth-order valence-electron chi connectivity index (χ4n) is 2.62. The molecule has 1 aliphatic rings. The van der Waals surface area contributed by atoms with Crippen molar-refractivity contribution < 1.29 is 14.3 Å². The molecule has 1 unspecified atom stereocenters. The minimum Gasteiger partial charge on any atom is -0.484 e. The van der Waals surface area contributed by atoms with Crippen LogP contribution in [-0.2, 0) is 9.59 Å². The smallest absolute Gasteiger partial charge is 0.260 e. The molecule has 0 radical (unpaired) electrons. The molecule has 1 atom stereocenters. The van der Waals surface area contributed by atoms with Gasteiger partial charge in [-0.3, -0.25) is 9.59 Å². The van der Waals surface area contributed by atoms with Gasteiger partial charge < -0.3 is 15.0 Å². The molecule has 5 nitrogen and oxygen atoms in total. The number of carbonyl (C=O) groups excluding carboxylic acids is 2. The van der Waals surface area contributed by atoms with Crippen LogP contribution in [0.4, 0.5) is 0 Å². The summed E-state index contributed by atoms with van der Waals surface area (Å²) in [5.74, 6) is 0.676. The topological polar surface area (TPSA) is 58.6 Å². The molecule has 0 spiro atoms. The van der Waals surface area contributed by atoms with Crippen LogP contribution < -0.4 is 10.1 Å². The average Bonchev–Trinajstić information content (AvgIpc) is 2.61. The van der Waals surface area contributed by atoms with Crippen molar-refractivity contribution in [2.24, 2.45) is 5.92 Å². The van der Waals surface area contributed by atoms with Gasteiger partial charge in [-0.1, -0.05) is 18.5 Å². The van der Waals surface area contributed by atoms with E-state index in [1.807, 2.05) is 13.8 Å². The van der Waals surface area contributed by atoms with Gasteiger partial charge in [-0.25, -0.2) is 0 Å². The van der Waals surface area contributed by atoms with Crippen molar-refractivity contribution in [1.29, 1.82) is 0 Å². The van der Waals surface area contributed by atoms with Gasteiger partial charge in [0.1, 0.15) is 5.75 Å². The molecule has 1 aliphatic heterocycles. The number of nitrogens with one attached hydrogen (secondary N) is 1. The van der Waals surface area contributed by atoms with E-state index < -0.39 is 0 Å². The van der Waals surface area contributed by atoms with Crippen LogP contribution in [0.25, 0.3) is 0 Å². The second-order valence-electron chi connectivity index (χ2n) is 6.22. The Balaban J connectivity index is 1.74. The zero-order valence-electron chi connectivity index (χ0n) is 14.3. The molecule has 1 heterocycles. The summed E-state index contributed by atoms with van der Waals surface area (Å²) < 4.78 is 5.49. The quantitative estimate of drug-likeness (QED) is 0.856. The van der Waals surface area contributed by atoms with Crippen LogP contribution in [0.5, 0.6) is 5.75 Å². The third-order valence-corrected chi connectivity index (χ3v) is 4.65. The van der Waals surface area contributed by atoms with Crippen LogP contribution in [0.15, 0.2) is 24.3 Å². The number of rotatable bonds is 6. The Hall–Kier alpha value is -1.75. The van der Waals surface area contributed by atoms with Gasteiger partial charge in [-0.15, -0.1) is 0 Å². The SMILES string of the molecule is CCC(C)NC(=O)C1CCN(C(=O)COc2ccc(Cl)cc2)CC1. The van der Waals surface area contributed by atoms with Crippen LogP contribution in [0.1, 0.15) is 33.1 Å². The van der Waals surface area contributed by atoms with Crippen molar-refractivity contribution in [1.82, 2.24) is 10.2 Å². The first-order valence-electron chi connectivity index (χ1n) is 8.46. The maximum atomic E-state index is 12.2. The number of benzene rings is 1. The number of halogens is 1. The molecule has 1 saturated heterocycles. The number of amides is 2. The van der Waals surface area contributed by atoms with E-state index in [0.29, 0.717) is 36.7 Å². The molecule has 2 amide bonds. The molecule has 1 aromatic carbocycles. The Morgan fingerprint density at radius 2 is 1.92 bits per heavy atom. The molecular formula is C18H25ClN2O3. The Kier molecular flexibility index (Phi) is 6.91. The van der Waals surface area contributed by atoms with Crippen molar-refractivity contribution in [2.45, 2.75) is 39.2 Å². The molecule has 24 heavy (non-hydrogen) atoms. The number of piperidine rings is 1. The summed E-state index contributed by atoms with van der Waals surface area (Å²) in [5.41, 5.74) is 0. The van der Waals surface area contributed by atoms with E-state index in [9.17, 15) is 9.59 Å². The zero-order chi connectivity index (χ0) is 17.5. The van der Waals surface area contributed by atoms with Crippen LogP contribution in [-0.4, -0.2) is 42.5 Å². The lowest BCUT2D eigenvalue weighted by Gasteiger charge is -2.31. The van der Waals surface area contributed by atoms with E-state index in [1.54, 1.807) is 29.2 Å². The van der Waals surface area contributed by atoms with Crippen molar-refractivity contribution >= 4 is 23.4 Å². The predicted molar refractivity (Wildman–Crippen MR) is 94.1 cm³/mol. The van der Waals surface area contributed by atoms with Gasteiger partial charge in [0.05, 0.1) is 0 Å². The summed E-state index contributed by atoms with van der Waals surface area (Å²) in [6.45, 7) is 5.26. The van der Waals surface area contributed by atoms with Crippen molar-refractivity contribution in [3.63, 3.8) is 0 Å². The molecule has 0 bridgehead atoms. The number of nitrogens with zero attached hydrogens (tertiary/aromatic N) is 1. The fraction of sp³-hybridized carbons (Fsp3) is 0.556. The van der Waals surface area contributed by atoms with Crippen molar-refractivity contribution in [3.05, 3.63) is 29.3 Å². The second kappa shape index (κ2) is 8.92. The van der Waals surface area contributed by atoms with Crippen LogP contribution in [0, 0.1) is 5.92 Å². The third-order valence-electron chi connectivity index (χ3n) is 4.40. The first kappa shape index (κ1) is 18.6. The second-order valence-corrected chi connectivity index (χ2v) is 6.65. The van der Waals surface area contributed by atoms with Gasteiger partial charge >= 0.3 is 0 Å². The Morgan fingerprint density at radius 3 is 2.50 bits per heavy atom. The van der Waals surface area contributed by atoms with E-state index in [0.717, 1.165) is 6.42 Å². The van der Waals surface area contributed by atoms with E-state index in [4.69, 9.17) is 16.3 Å². The first-order chi connectivity index (χ1) is 11.5. The highest BCUT2D eigenvalue weighted by Gasteiger charge is 2.27. The first-order valence-corrected chi connectivity index (χ1v) is 8.84. The molecule has 0 saturated carbocycles. The predicted octanol–water partition coefficient (Wildman–Crippen LogP) is 2.87. The van der Waals surface area contributed by atoms with Gasteiger partial charge in [0.2, 0.25) is 5.91 Å². The van der Waals surface area contributed by atoms with Gasteiger partial charge in [-0.05, 0) is 50.5 Å². The lowest BCUT2D eigenvalue weighted by Crippen LogP contribution is -2.45. The van der Waals surface area contributed by atoms with E-state index in [2.05, 4.69) is 5.32 Å². The minimum atomic E-state index is -0.0502. The molecule has 1 aromatic rings. The molecule has 0 aliphatic carbocycles. The summed E-state index contributed by atoms with van der Waals surface area (Å²) in [6, 6.07) is 7.12. The number of ether oxygens (including phenoxy) is 1. The largest absolute Gasteiger partial charge is 0.484 e. The summed E-state index contributed by atoms with van der Waals surface area (Å²) in [4.78, 5) is 26.1. The number of likely N-dealkylation sites (tertiary alicyclic amines) is 1. The molecule has 0 aromatic heterocycles. The molecule has 1 N–H and O–H groups in total. The Morgan fingerprint density at radius 1 is 1.29 bits per heavy atom.